The Balaban J connectivity index is 1.97. The lowest BCUT2D eigenvalue weighted by molar-refractivity contribution is 0.102. The summed E-state index contributed by atoms with van der Waals surface area (Å²) < 4.78 is 5.22. The Labute approximate surface area is 163 Å². The molecule has 4 heteroatoms. The minimum atomic E-state index is -0.403. The van der Waals surface area contributed by atoms with Gasteiger partial charge in [0.25, 0.3) is 0 Å². The first kappa shape index (κ1) is 17.7. The third kappa shape index (κ3) is 2.60. The Morgan fingerprint density at radius 1 is 0.929 bits per heavy atom. The Kier molecular flexibility index (Phi) is 4.29. The lowest BCUT2D eigenvalue weighted by atomic mass is 9.69. The van der Waals surface area contributed by atoms with Crippen molar-refractivity contribution in [2.75, 3.05) is 7.11 Å². The van der Waals surface area contributed by atoms with E-state index in [9.17, 15) is 15.0 Å². The predicted molar refractivity (Wildman–Crippen MR) is 106 cm³/mol. The van der Waals surface area contributed by atoms with E-state index in [1.807, 2.05) is 24.3 Å². The van der Waals surface area contributed by atoms with Gasteiger partial charge >= 0.3 is 0 Å². The zero-order valence-corrected chi connectivity index (χ0v) is 15.2. The SMILES string of the molecule is C#CC(c1ccc(OC)cc1)C1c2cccc(O)c2C(=O)c2c(O)cccc21. The van der Waals surface area contributed by atoms with Crippen LogP contribution in [0, 0.1) is 12.3 Å². The summed E-state index contributed by atoms with van der Waals surface area (Å²) in [5.74, 6) is 2.13. The smallest absolute Gasteiger partial charge is 0.201 e. The highest BCUT2D eigenvalue weighted by atomic mass is 16.5. The number of carbonyl (C=O) groups excluding carboxylic acids is 1. The third-order valence-corrected chi connectivity index (χ3v) is 5.26. The fourth-order valence-electron chi connectivity index (χ4n) is 3.98. The van der Waals surface area contributed by atoms with Crippen molar-refractivity contribution < 1.29 is 19.7 Å². The van der Waals surface area contributed by atoms with Crippen LogP contribution < -0.4 is 4.74 Å². The lowest BCUT2D eigenvalue weighted by Gasteiger charge is -2.32. The molecular weight excluding hydrogens is 352 g/mol. The van der Waals surface area contributed by atoms with Crippen molar-refractivity contribution >= 4 is 5.78 Å². The molecule has 138 valence electrons. The van der Waals surface area contributed by atoms with Gasteiger partial charge in [-0.3, -0.25) is 4.79 Å². The van der Waals surface area contributed by atoms with Crippen LogP contribution in [0.2, 0.25) is 0 Å². The molecule has 0 fully saturated rings. The molecule has 0 aliphatic heterocycles. The van der Waals surface area contributed by atoms with Crippen LogP contribution in [0.15, 0.2) is 60.7 Å². The number of phenolic OH excluding ortho intramolecular Hbond substituents is 2. The number of rotatable bonds is 3. The van der Waals surface area contributed by atoms with Gasteiger partial charge in [-0.1, -0.05) is 42.3 Å². The van der Waals surface area contributed by atoms with Gasteiger partial charge < -0.3 is 14.9 Å². The maximum atomic E-state index is 13.0. The van der Waals surface area contributed by atoms with Crippen LogP contribution in [0.4, 0.5) is 0 Å². The maximum Gasteiger partial charge on any atom is 0.201 e. The van der Waals surface area contributed by atoms with E-state index < -0.39 is 11.7 Å². The molecule has 0 radical (unpaired) electrons. The van der Waals surface area contributed by atoms with Crippen LogP contribution in [0.5, 0.6) is 17.2 Å². The Bertz CT molecular complexity index is 1050. The van der Waals surface area contributed by atoms with Gasteiger partial charge in [0.1, 0.15) is 17.2 Å². The summed E-state index contributed by atoms with van der Waals surface area (Å²) in [5, 5.41) is 20.8. The molecule has 28 heavy (non-hydrogen) atoms. The Morgan fingerprint density at radius 2 is 1.46 bits per heavy atom. The summed E-state index contributed by atoms with van der Waals surface area (Å²) in [5.41, 5.74) is 2.57. The molecule has 3 aromatic carbocycles. The van der Waals surface area contributed by atoms with Crippen LogP contribution >= 0.6 is 0 Å². The molecule has 0 aromatic heterocycles. The molecule has 0 heterocycles. The minimum Gasteiger partial charge on any atom is -0.507 e. The van der Waals surface area contributed by atoms with Crippen LogP contribution in [-0.2, 0) is 0 Å². The highest BCUT2D eigenvalue weighted by molar-refractivity contribution is 6.16. The van der Waals surface area contributed by atoms with Crippen molar-refractivity contribution in [2.24, 2.45) is 0 Å². The van der Waals surface area contributed by atoms with E-state index in [1.165, 1.54) is 12.1 Å². The summed E-state index contributed by atoms with van der Waals surface area (Å²) in [6, 6.07) is 17.4. The van der Waals surface area contributed by atoms with Crippen molar-refractivity contribution in [2.45, 2.75) is 11.8 Å². The van der Waals surface area contributed by atoms with Crippen LogP contribution in [0.1, 0.15) is 44.4 Å². The molecule has 1 atom stereocenters. The summed E-state index contributed by atoms with van der Waals surface area (Å²) in [6.45, 7) is 0. The number of aromatic hydroxyl groups is 2. The topological polar surface area (TPSA) is 66.8 Å². The average molecular weight is 370 g/mol. The number of fused-ring (bicyclic) bond motifs is 2. The highest BCUT2D eigenvalue weighted by Crippen LogP contribution is 2.48. The van der Waals surface area contributed by atoms with Gasteiger partial charge in [0.2, 0.25) is 5.78 Å². The Hall–Kier alpha value is -3.71. The monoisotopic (exact) mass is 370 g/mol. The van der Waals surface area contributed by atoms with E-state index >= 15 is 0 Å². The molecule has 4 nitrogen and oxygen atoms in total. The minimum absolute atomic E-state index is 0.119. The first-order valence-electron chi connectivity index (χ1n) is 8.85. The van der Waals surface area contributed by atoms with Crippen molar-refractivity contribution in [3.8, 4) is 29.6 Å². The normalized spacial score (nSPS) is 13.9. The molecular formula is C24H18O4. The van der Waals surface area contributed by atoms with Gasteiger partial charge in [0, 0.05) is 5.92 Å². The van der Waals surface area contributed by atoms with E-state index in [2.05, 4.69) is 5.92 Å². The third-order valence-electron chi connectivity index (χ3n) is 5.26. The molecule has 0 amide bonds. The molecule has 2 N–H and O–H groups in total. The molecule has 0 saturated carbocycles. The number of carbonyl (C=O) groups is 1. The van der Waals surface area contributed by atoms with Crippen LogP contribution in [0.25, 0.3) is 0 Å². The first-order chi connectivity index (χ1) is 13.6. The quantitative estimate of drug-likeness (QED) is 0.678. The summed E-state index contributed by atoms with van der Waals surface area (Å²) in [6.07, 6.45) is 5.94. The zero-order chi connectivity index (χ0) is 19.8. The maximum absolute atomic E-state index is 13.0. The van der Waals surface area contributed by atoms with Crippen LogP contribution in [-0.4, -0.2) is 23.1 Å². The fraction of sp³-hybridized carbons (Fsp3) is 0.125. The molecule has 4 rings (SSSR count). The van der Waals surface area contributed by atoms with Gasteiger partial charge in [-0.15, -0.1) is 6.42 Å². The number of phenols is 2. The van der Waals surface area contributed by atoms with Crippen molar-refractivity contribution in [3.05, 3.63) is 88.5 Å². The number of benzene rings is 3. The number of hydrogen-bond donors (Lipinski definition) is 2. The number of methoxy groups -OCH3 is 1. The summed E-state index contributed by atoms with van der Waals surface area (Å²) >= 11 is 0. The molecule has 1 unspecified atom stereocenters. The van der Waals surface area contributed by atoms with Crippen molar-refractivity contribution in [3.63, 3.8) is 0 Å². The number of ether oxygens (including phenoxy) is 1. The largest absolute Gasteiger partial charge is 0.507 e. The Morgan fingerprint density at radius 3 is 1.93 bits per heavy atom. The van der Waals surface area contributed by atoms with Gasteiger partial charge in [0.05, 0.1) is 24.2 Å². The van der Waals surface area contributed by atoms with E-state index in [-0.39, 0.29) is 28.5 Å². The number of terminal acetylenes is 1. The second-order valence-corrected chi connectivity index (χ2v) is 6.71. The standard InChI is InChI=1S/C24H18O4/c1-3-16(14-10-12-15(28-2)13-11-14)21-17-6-4-8-19(25)22(17)24(27)23-18(21)7-5-9-20(23)26/h1,4-13,16,21,25-26H,2H3. The highest BCUT2D eigenvalue weighted by Gasteiger charge is 2.38. The molecule has 0 bridgehead atoms. The predicted octanol–water partition coefficient (Wildman–Crippen LogP) is 4.20. The van der Waals surface area contributed by atoms with E-state index in [0.29, 0.717) is 11.1 Å². The van der Waals surface area contributed by atoms with Crippen molar-refractivity contribution in [1.82, 2.24) is 0 Å². The van der Waals surface area contributed by atoms with Gasteiger partial charge in [0.15, 0.2) is 0 Å². The zero-order valence-electron chi connectivity index (χ0n) is 15.2. The van der Waals surface area contributed by atoms with E-state index in [0.717, 1.165) is 11.3 Å². The summed E-state index contributed by atoms with van der Waals surface area (Å²) in [4.78, 5) is 13.0. The van der Waals surface area contributed by atoms with Gasteiger partial charge in [-0.2, -0.15) is 0 Å². The molecule has 0 spiro atoms. The fourth-order valence-corrected chi connectivity index (χ4v) is 3.98. The van der Waals surface area contributed by atoms with Crippen molar-refractivity contribution in [1.29, 1.82) is 0 Å². The number of hydrogen-bond acceptors (Lipinski definition) is 4. The van der Waals surface area contributed by atoms with Crippen LogP contribution in [0.3, 0.4) is 0 Å². The summed E-state index contributed by atoms with van der Waals surface area (Å²) in [7, 11) is 1.60. The molecule has 0 saturated heterocycles. The van der Waals surface area contributed by atoms with E-state index in [1.54, 1.807) is 31.4 Å². The van der Waals surface area contributed by atoms with E-state index in [4.69, 9.17) is 11.2 Å². The molecule has 1 aliphatic rings. The first-order valence-corrected chi connectivity index (χ1v) is 8.85. The van der Waals surface area contributed by atoms with Gasteiger partial charge in [-0.25, -0.2) is 0 Å². The second kappa shape index (κ2) is 6.79. The molecule has 1 aliphatic carbocycles. The van der Waals surface area contributed by atoms with Gasteiger partial charge in [-0.05, 0) is 41.0 Å². The lowest BCUT2D eigenvalue weighted by Crippen LogP contribution is -2.24. The second-order valence-electron chi connectivity index (χ2n) is 6.71. The molecule has 3 aromatic rings. The number of ketones is 1. The average Bonchev–Trinajstić information content (AvgIpc) is 2.71.